The zero-order valence-corrected chi connectivity index (χ0v) is 20.6. The number of hydrogen-bond acceptors (Lipinski definition) is 4. The van der Waals surface area contributed by atoms with E-state index in [1.165, 1.54) is 22.4 Å². The van der Waals surface area contributed by atoms with Crippen LogP contribution in [0.15, 0.2) is 48.5 Å². The first kappa shape index (κ1) is 25.7. The Morgan fingerprint density at radius 3 is 2.47 bits per heavy atom. The largest absolute Gasteiger partial charge is 0.444 e. The molecule has 0 saturated carbocycles. The van der Waals surface area contributed by atoms with Gasteiger partial charge in [-0.3, -0.25) is 0 Å². The van der Waals surface area contributed by atoms with Crippen LogP contribution in [0.5, 0.6) is 0 Å². The Kier molecular flexibility index (Phi) is 10.0. The number of amides is 1. The molecule has 0 radical (unpaired) electrons. The molecule has 0 aromatic heterocycles. The lowest BCUT2D eigenvalue weighted by molar-refractivity contribution is 0.0508. The van der Waals surface area contributed by atoms with Crippen molar-refractivity contribution in [1.82, 2.24) is 5.32 Å². The Bertz CT molecular complexity index is 831. The third-order valence-electron chi connectivity index (χ3n) is 5.13. The highest BCUT2D eigenvalue weighted by Gasteiger charge is 2.18. The quantitative estimate of drug-likeness (QED) is 0.452. The van der Waals surface area contributed by atoms with Gasteiger partial charge < -0.3 is 19.7 Å². The molecule has 0 fully saturated rings. The molecule has 0 heterocycles. The number of nitrogens with zero attached hydrogens (tertiary/aromatic N) is 1. The van der Waals surface area contributed by atoms with E-state index in [0.29, 0.717) is 6.61 Å². The second-order valence-electron chi connectivity index (χ2n) is 9.38. The number of anilines is 1. The summed E-state index contributed by atoms with van der Waals surface area (Å²) in [5.74, 6) is 0. The molecular weight excluding hydrogens is 400 g/mol. The van der Waals surface area contributed by atoms with Gasteiger partial charge in [-0.25, -0.2) is 4.79 Å². The number of benzene rings is 2. The van der Waals surface area contributed by atoms with Crippen LogP contribution in [-0.4, -0.2) is 37.9 Å². The number of alkyl carbamates (subject to hydrolysis) is 1. The lowest BCUT2D eigenvalue weighted by Gasteiger charge is -2.24. The minimum Gasteiger partial charge on any atom is -0.444 e. The van der Waals surface area contributed by atoms with Gasteiger partial charge in [-0.2, -0.15) is 0 Å². The smallest absolute Gasteiger partial charge is 0.407 e. The van der Waals surface area contributed by atoms with Crippen LogP contribution in [0.3, 0.4) is 0 Å². The summed E-state index contributed by atoms with van der Waals surface area (Å²) in [6, 6.07) is 16.9. The van der Waals surface area contributed by atoms with Gasteiger partial charge in [0.25, 0.3) is 0 Å². The van der Waals surface area contributed by atoms with Crippen LogP contribution in [0.25, 0.3) is 0 Å². The molecule has 1 N–H and O–H groups in total. The predicted molar refractivity (Wildman–Crippen MR) is 132 cm³/mol. The third-order valence-corrected chi connectivity index (χ3v) is 5.13. The third kappa shape index (κ3) is 9.31. The summed E-state index contributed by atoms with van der Waals surface area (Å²) in [5.41, 5.74) is 4.51. The van der Waals surface area contributed by atoms with E-state index in [2.05, 4.69) is 54.5 Å². The molecule has 5 nitrogen and oxygen atoms in total. The highest BCUT2D eigenvalue weighted by molar-refractivity contribution is 5.68. The van der Waals surface area contributed by atoms with Crippen LogP contribution in [-0.2, 0) is 28.9 Å². The molecule has 32 heavy (non-hydrogen) atoms. The molecule has 1 amide bonds. The maximum atomic E-state index is 12.0. The summed E-state index contributed by atoms with van der Waals surface area (Å²) < 4.78 is 11.2. The molecule has 1 atom stereocenters. The normalized spacial score (nSPS) is 12.3. The molecule has 0 spiro atoms. The summed E-state index contributed by atoms with van der Waals surface area (Å²) >= 11 is 0. The van der Waals surface area contributed by atoms with Gasteiger partial charge >= 0.3 is 6.09 Å². The molecule has 2 aromatic carbocycles. The first-order valence-corrected chi connectivity index (χ1v) is 11.6. The molecule has 1 unspecified atom stereocenters. The monoisotopic (exact) mass is 440 g/mol. The van der Waals surface area contributed by atoms with Crippen LogP contribution in [0.1, 0.15) is 57.7 Å². The summed E-state index contributed by atoms with van der Waals surface area (Å²) in [6.07, 6.45) is 2.34. The first-order valence-electron chi connectivity index (χ1n) is 11.6. The van der Waals surface area contributed by atoms with Crippen LogP contribution in [0.4, 0.5) is 10.5 Å². The van der Waals surface area contributed by atoms with Gasteiger partial charge in [0, 0.05) is 31.9 Å². The van der Waals surface area contributed by atoms with Gasteiger partial charge in [0.1, 0.15) is 5.60 Å². The van der Waals surface area contributed by atoms with E-state index in [1.54, 1.807) is 0 Å². The second kappa shape index (κ2) is 12.5. The number of aryl methyl sites for hydroxylation is 1. The van der Waals surface area contributed by atoms with Crippen LogP contribution >= 0.6 is 0 Å². The van der Waals surface area contributed by atoms with Crippen molar-refractivity contribution in [2.45, 2.75) is 72.1 Å². The van der Waals surface area contributed by atoms with Gasteiger partial charge in [0.05, 0.1) is 6.61 Å². The van der Waals surface area contributed by atoms with Crippen molar-refractivity contribution in [3.63, 3.8) is 0 Å². The van der Waals surface area contributed by atoms with E-state index >= 15 is 0 Å². The second-order valence-corrected chi connectivity index (χ2v) is 9.38. The lowest BCUT2D eigenvalue weighted by Crippen LogP contribution is -2.38. The van der Waals surface area contributed by atoms with E-state index in [0.717, 1.165) is 32.4 Å². The molecule has 0 aliphatic heterocycles. The zero-order chi connectivity index (χ0) is 23.6. The molecule has 0 saturated heterocycles. The van der Waals surface area contributed by atoms with Gasteiger partial charge in [-0.1, -0.05) is 49.4 Å². The maximum absolute atomic E-state index is 12.0. The van der Waals surface area contributed by atoms with Crippen molar-refractivity contribution in [2.75, 3.05) is 25.1 Å². The summed E-state index contributed by atoms with van der Waals surface area (Å²) in [6.45, 7) is 12.1. The van der Waals surface area contributed by atoms with Crippen molar-refractivity contribution in [2.24, 2.45) is 0 Å². The SMILES string of the molecule is CCc1cc(CC(C)NC(=O)OC(C)(C)C)ccc1N(C)CCCOCc1ccccc1. The van der Waals surface area contributed by atoms with Crippen molar-refractivity contribution >= 4 is 11.8 Å². The maximum Gasteiger partial charge on any atom is 0.407 e. The predicted octanol–water partition coefficient (Wildman–Crippen LogP) is 5.75. The van der Waals surface area contributed by atoms with Crippen LogP contribution < -0.4 is 10.2 Å². The first-order chi connectivity index (χ1) is 15.2. The highest BCUT2D eigenvalue weighted by Crippen LogP contribution is 2.23. The average molecular weight is 441 g/mol. The summed E-state index contributed by atoms with van der Waals surface area (Å²) in [5, 5.41) is 2.93. The molecule has 5 heteroatoms. The molecule has 2 aromatic rings. The van der Waals surface area contributed by atoms with Gasteiger partial charge in [0.2, 0.25) is 0 Å². The number of nitrogens with one attached hydrogen (secondary N) is 1. The van der Waals surface area contributed by atoms with E-state index in [1.807, 2.05) is 45.9 Å². The highest BCUT2D eigenvalue weighted by atomic mass is 16.6. The van der Waals surface area contributed by atoms with E-state index in [4.69, 9.17) is 9.47 Å². The zero-order valence-electron chi connectivity index (χ0n) is 20.6. The Hall–Kier alpha value is -2.53. The number of carbonyl (C=O) groups is 1. The van der Waals surface area contributed by atoms with Gasteiger partial charge in [-0.05, 0) is 69.7 Å². The molecular formula is C27H40N2O3. The van der Waals surface area contributed by atoms with Gasteiger partial charge in [-0.15, -0.1) is 0 Å². The fraction of sp³-hybridized carbons (Fsp3) is 0.519. The Labute approximate surface area is 194 Å². The van der Waals surface area contributed by atoms with E-state index < -0.39 is 5.60 Å². The van der Waals surface area contributed by atoms with Crippen molar-refractivity contribution in [3.8, 4) is 0 Å². The minimum atomic E-state index is -0.488. The Morgan fingerprint density at radius 2 is 1.81 bits per heavy atom. The van der Waals surface area contributed by atoms with Crippen molar-refractivity contribution in [1.29, 1.82) is 0 Å². The standard InChI is InChI=1S/C27H40N2O3/c1-7-24-19-23(18-21(2)28-26(30)32-27(3,4)5)14-15-25(24)29(6)16-11-17-31-20-22-12-9-8-10-13-22/h8-10,12-15,19,21H,7,11,16-18,20H2,1-6H3,(H,28,30). The van der Waals surface area contributed by atoms with Gasteiger partial charge in [0.15, 0.2) is 0 Å². The topological polar surface area (TPSA) is 50.8 Å². The number of ether oxygens (including phenoxy) is 2. The van der Waals surface area contributed by atoms with E-state index in [9.17, 15) is 4.79 Å². The van der Waals surface area contributed by atoms with Crippen molar-refractivity contribution < 1.29 is 14.3 Å². The minimum absolute atomic E-state index is 0.0000935. The van der Waals surface area contributed by atoms with Crippen LogP contribution in [0, 0.1) is 0 Å². The summed E-state index contributed by atoms with van der Waals surface area (Å²) in [7, 11) is 2.14. The van der Waals surface area contributed by atoms with Crippen LogP contribution in [0.2, 0.25) is 0 Å². The molecule has 0 aliphatic carbocycles. The number of rotatable bonds is 11. The molecule has 0 bridgehead atoms. The molecule has 176 valence electrons. The lowest BCUT2D eigenvalue weighted by atomic mass is 10.0. The average Bonchev–Trinajstić information content (AvgIpc) is 2.72. The number of carbonyl (C=O) groups excluding carboxylic acids is 1. The van der Waals surface area contributed by atoms with E-state index in [-0.39, 0.29) is 12.1 Å². The van der Waals surface area contributed by atoms with Crippen molar-refractivity contribution in [3.05, 3.63) is 65.2 Å². The summed E-state index contributed by atoms with van der Waals surface area (Å²) in [4.78, 5) is 14.3. The Morgan fingerprint density at radius 1 is 1.09 bits per heavy atom. The molecule has 2 rings (SSSR count). The Balaban J connectivity index is 1.82. The molecule has 0 aliphatic rings. The number of hydrogen-bond donors (Lipinski definition) is 1. The fourth-order valence-electron chi connectivity index (χ4n) is 3.62. The fourth-order valence-corrected chi connectivity index (χ4v) is 3.62.